The molecule has 106 valence electrons. The Hall–Kier alpha value is -0.0800. The summed E-state index contributed by atoms with van der Waals surface area (Å²) in [5.74, 6) is 0.946. The molecular formula is C16H32N2. The Labute approximate surface area is 114 Å². The summed E-state index contributed by atoms with van der Waals surface area (Å²) in [4.78, 5) is 2.62. The quantitative estimate of drug-likeness (QED) is 0.825. The number of piperidine rings is 1. The Morgan fingerprint density at radius 2 is 1.72 bits per heavy atom. The van der Waals surface area contributed by atoms with Gasteiger partial charge in [0.15, 0.2) is 0 Å². The van der Waals surface area contributed by atoms with E-state index in [0.29, 0.717) is 0 Å². The zero-order valence-electron chi connectivity index (χ0n) is 12.6. The van der Waals surface area contributed by atoms with Gasteiger partial charge in [0.05, 0.1) is 0 Å². The van der Waals surface area contributed by atoms with Gasteiger partial charge in [0, 0.05) is 18.1 Å². The van der Waals surface area contributed by atoms with Crippen LogP contribution in [0.15, 0.2) is 0 Å². The maximum absolute atomic E-state index is 3.99. The summed E-state index contributed by atoms with van der Waals surface area (Å²) in [6, 6.07) is 2.33. The predicted molar refractivity (Wildman–Crippen MR) is 78.9 cm³/mol. The highest BCUT2D eigenvalue weighted by Gasteiger charge is 2.27. The van der Waals surface area contributed by atoms with E-state index < -0.39 is 0 Å². The Kier molecular flexibility index (Phi) is 5.50. The van der Waals surface area contributed by atoms with E-state index in [2.05, 4.69) is 31.0 Å². The molecule has 2 aliphatic rings. The molecule has 0 bridgehead atoms. The zero-order chi connectivity index (χ0) is 13.0. The van der Waals surface area contributed by atoms with E-state index >= 15 is 0 Å². The first-order valence-electron chi connectivity index (χ1n) is 8.20. The molecule has 18 heavy (non-hydrogen) atoms. The van der Waals surface area contributed by atoms with E-state index in [9.17, 15) is 0 Å². The van der Waals surface area contributed by atoms with Crippen molar-refractivity contribution in [1.82, 2.24) is 10.2 Å². The molecule has 0 aromatic rings. The third-order valence-corrected chi connectivity index (χ3v) is 5.14. The Morgan fingerprint density at radius 3 is 2.33 bits per heavy atom. The van der Waals surface area contributed by atoms with Gasteiger partial charge in [0.25, 0.3) is 0 Å². The van der Waals surface area contributed by atoms with Crippen LogP contribution < -0.4 is 5.32 Å². The van der Waals surface area contributed by atoms with Crippen molar-refractivity contribution in [3.05, 3.63) is 0 Å². The lowest BCUT2D eigenvalue weighted by Crippen LogP contribution is -2.50. The number of nitrogens with zero attached hydrogens (tertiary/aromatic N) is 1. The molecule has 1 heterocycles. The largest absolute Gasteiger partial charge is 0.311 e. The summed E-state index contributed by atoms with van der Waals surface area (Å²) in [7, 11) is 0. The van der Waals surface area contributed by atoms with Crippen LogP contribution in [-0.2, 0) is 0 Å². The van der Waals surface area contributed by atoms with E-state index in [1.54, 1.807) is 0 Å². The van der Waals surface area contributed by atoms with Gasteiger partial charge >= 0.3 is 0 Å². The molecule has 0 amide bonds. The van der Waals surface area contributed by atoms with Gasteiger partial charge in [0.1, 0.15) is 0 Å². The molecule has 1 aliphatic carbocycles. The number of hydrogen-bond acceptors (Lipinski definition) is 2. The molecule has 2 unspecified atom stereocenters. The first kappa shape index (κ1) is 14.3. The van der Waals surface area contributed by atoms with Crippen LogP contribution in [0.5, 0.6) is 0 Å². The average molecular weight is 252 g/mol. The molecule has 2 heteroatoms. The molecule has 1 aliphatic heterocycles. The van der Waals surface area contributed by atoms with Crippen molar-refractivity contribution in [3.63, 3.8) is 0 Å². The molecule has 2 fully saturated rings. The topological polar surface area (TPSA) is 15.3 Å². The summed E-state index contributed by atoms with van der Waals surface area (Å²) in [6.45, 7) is 9.59. The second-order valence-electron chi connectivity index (χ2n) is 6.63. The summed E-state index contributed by atoms with van der Waals surface area (Å²) < 4.78 is 0. The summed E-state index contributed by atoms with van der Waals surface area (Å²) >= 11 is 0. The fourth-order valence-corrected chi connectivity index (χ4v) is 3.80. The molecule has 0 spiro atoms. The molecule has 2 rings (SSSR count). The fourth-order valence-electron chi connectivity index (χ4n) is 3.80. The summed E-state index contributed by atoms with van der Waals surface area (Å²) in [5.41, 5.74) is 0. The first-order chi connectivity index (χ1) is 8.70. The van der Waals surface area contributed by atoms with Crippen LogP contribution in [-0.4, -0.2) is 36.1 Å². The highest BCUT2D eigenvalue weighted by atomic mass is 15.2. The molecule has 1 saturated carbocycles. The van der Waals surface area contributed by atoms with E-state index in [4.69, 9.17) is 0 Å². The van der Waals surface area contributed by atoms with Crippen LogP contribution in [0.1, 0.15) is 65.7 Å². The highest BCUT2D eigenvalue weighted by Crippen LogP contribution is 2.28. The minimum Gasteiger partial charge on any atom is -0.311 e. The van der Waals surface area contributed by atoms with Crippen LogP contribution in [0.2, 0.25) is 0 Å². The molecule has 0 radical (unpaired) electrons. The van der Waals surface area contributed by atoms with Crippen molar-refractivity contribution in [2.75, 3.05) is 13.1 Å². The minimum atomic E-state index is 0.726. The van der Waals surface area contributed by atoms with Crippen LogP contribution in [0.25, 0.3) is 0 Å². The number of hydrogen-bond donors (Lipinski definition) is 1. The summed E-state index contributed by atoms with van der Waals surface area (Å²) in [6.07, 6.45) is 9.85. The number of likely N-dealkylation sites (tertiary alicyclic amines) is 1. The van der Waals surface area contributed by atoms with E-state index in [-0.39, 0.29) is 0 Å². The first-order valence-corrected chi connectivity index (χ1v) is 8.20. The van der Waals surface area contributed by atoms with Gasteiger partial charge in [-0.15, -0.1) is 0 Å². The van der Waals surface area contributed by atoms with E-state index in [1.165, 1.54) is 58.0 Å². The Balaban J connectivity index is 1.76. The SMILES string of the molecule is CCC1CCCCC1NC1CCN(C(C)C)CC1. The van der Waals surface area contributed by atoms with Crippen LogP contribution >= 0.6 is 0 Å². The monoisotopic (exact) mass is 252 g/mol. The van der Waals surface area contributed by atoms with Crippen molar-refractivity contribution in [2.24, 2.45) is 5.92 Å². The maximum Gasteiger partial charge on any atom is 0.00978 e. The van der Waals surface area contributed by atoms with Gasteiger partial charge in [-0.05, 0) is 58.5 Å². The molecule has 0 aromatic heterocycles. The average Bonchev–Trinajstić information content (AvgIpc) is 2.40. The van der Waals surface area contributed by atoms with Crippen molar-refractivity contribution >= 4 is 0 Å². The highest BCUT2D eigenvalue weighted by molar-refractivity contribution is 4.86. The Bertz CT molecular complexity index is 231. The van der Waals surface area contributed by atoms with Gasteiger partial charge in [-0.25, -0.2) is 0 Å². The van der Waals surface area contributed by atoms with E-state index in [1.807, 2.05) is 0 Å². The Morgan fingerprint density at radius 1 is 1.06 bits per heavy atom. The second kappa shape index (κ2) is 6.91. The smallest absolute Gasteiger partial charge is 0.00978 e. The van der Waals surface area contributed by atoms with Gasteiger partial charge in [-0.1, -0.05) is 26.2 Å². The van der Waals surface area contributed by atoms with Crippen LogP contribution in [0.3, 0.4) is 0 Å². The lowest BCUT2D eigenvalue weighted by atomic mass is 9.82. The number of rotatable bonds is 4. The minimum absolute atomic E-state index is 0.726. The van der Waals surface area contributed by atoms with Crippen LogP contribution in [0.4, 0.5) is 0 Å². The van der Waals surface area contributed by atoms with Gasteiger partial charge < -0.3 is 10.2 Å². The van der Waals surface area contributed by atoms with E-state index in [0.717, 1.165) is 24.0 Å². The fraction of sp³-hybridized carbons (Fsp3) is 1.00. The third-order valence-electron chi connectivity index (χ3n) is 5.14. The molecule has 1 N–H and O–H groups in total. The van der Waals surface area contributed by atoms with Gasteiger partial charge in [-0.2, -0.15) is 0 Å². The predicted octanol–water partition coefficient (Wildman–Crippen LogP) is 3.42. The van der Waals surface area contributed by atoms with Gasteiger partial charge in [0.2, 0.25) is 0 Å². The second-order valence-corrected chi connectivity index (χ2v) is 6.63. The molecule has 1 saturated heterocycles. The molecule has 2 atom stereocenters. The van der Waals surface area contributed by atoms with Crippen molar-refractivity contribution in [1.29, 1.82) is 0 Å². The lowest BCUT2D eigenvalue weighted by Gasteiger charge is -2.39. The molecular weight excluding hydrogens is 220 g/mol. The van der Waals surface area contributed by atoms with Crippen molar-refractivity contribution < 1.29 is 0 Å². The van der Waals surface area contributed by atoms with Crippen molar-refractivity contribution in [3.8, 4) is 0 Å². The van der Waals surface area contributed by atoms with Crippen LogP contribution in [0, 0.1) is 5.92 Å². The molecule has 2 nitrogen and oxygen atoms in total. The maximum atomic E-state index is 3.99. The van der Waals surface area contributed by atoms with Crippen molar-refractivity contribution in [2.45, 2.75) is 83.8 Å². The molecule has 0 aromatic carbocycles. The summed E-state index contributed by atoms with van der Waals surface area (Å²) in [5, 5.41) is 3.99. The lowest BCUT2D eigenvalue weighted by molar-refractivity contribution is 0.141. The van der Waals surface area contributed by atoms with Gasteiger partial charge in [-0.3, -0.25) is 0 Å². The standard InChI is InChI=1S/C16H32N2/c1-4-14-7-5-6-8-16(14)17-15-9-11-18(12-10-15)13(2)3/h13-17H,4-12H2,1-3H3. The third kappa shape index (κ3) is 3.71. The zero-order valence-corrected chi connectivity index (χ0v) is 12.6. The normalized spacial score (nSPS) is 32.0. The number of nitrogens with one attached hydrogen (secondary N) is 1.